The lowest BCUT2D eigenvalue weighted by Gasteiger charge is -2.22. The van der Waals surface area contributed by atoms with Crippen LogP contribution in [0.2, 0.25) is 0 Å². The smallest absolute Gasteiger partial charge is 0.234 e. The second kappa shape index (κ2) is 7.57. The number of nitrogens with one attached hydrogen (secondary N) is 1. The van der Waals surface area contributed by atoms with E-state index < -0.39 is 0 Å². The zero-order valence-corrected chi connectivity index (χ0v) is 11.4. The molecule has 0 aliphatic heterocycles. The molecule has 0 aromatic heterocycles. The summed E-state index contributed by atoms with van der Waals surface area (Å²) in [6, 6.07) is -0.0501. The number of hydrogen-bond donors (Lipinski definition) is 2. The number of carbonyl (C=O) groups excluding carboxylic acids is 1. The Morgan fingerprint density at radius 2 is 2.00 bits per heavy atom. The van der Waals surface area contributed by atoms with E-state index in [0.717, 1.165) is 13.0 Å². The summed E-state index contributed by atoms with van der Waals surface area (Å²) in [4.78, 5) is 13.8. The minimum Gasteiger partial charge on any atom is -0.392 e. The second-order valence-corrected chi connectivity index (χ2v) is 5.00. The van der Waals surface area contributed by atoms with E-state index in [1.54, 1.807) is 0 Å². The van der Waals surface area contributed by atoms with Crippen LogP contribution >= 0.6 is 12.2 Å². The first-order chi connectivity index (χ1) is 7.34. The third-order valence-electron chi connectivity index (χ3n) is 2.51. The Kier molecular flexibility index (Phi) is 7.25. The van der Waals surface area contributed by atoms with Crippen LogP contribution in [-0.2, 0) is 4.79 Å². The van der Waals surface area contributed by atoms with Crippen molar-refractivity contribution in [3.63, 3.8) is 0 Å². The van der Waals surface area contributed by atoms with Gasteiger partial charge in [-0.3, -0.25) is 9.69 Å². The summed E-state index contributed by atoms with van der Waals surface area (Å²) < 4.78 is 0. The highest BCUT2D eigenvalue weighted by molar-refractivity contribution is 7.80. The van der Waals surface area contributed by atoms with Gasteiger partial charge in [-0.25, -0.2) is 0 Å². The van der Waals surface area contributed by atoms with Crippen molar-refractivity contribution in [3.05, 3.63) is 0 Å². The van der Waals surface area contributed by atoms with Crippen molar-refractivity contribution in [2.75, 3.05) is 20.1 Å². The molecule has 0 heterocycles. The Morgan fingerprint density at radius 1 is 1.44 bits per heavy atom. The van der Waals surface area contributed by atoms with Crippen LogP contribution in [0.3, 0.4) is 0 Å². The predicted molar refractivity (Wildman–Crippen MR) is 71.3 cm³/mol. The van der Waals surface area contributed by atoms with E-state index in [0.29, 0.717) is 17.5 Å². The van der Waals surface area contributed by atoms with Gasteiger partial charge in [0.25, 0.3) is 0 Å². The molecule has 1 amide bonds. The number of carbonyl (C=O) groups is 1. The van der Waals surface area contributed by atoms with E-state index in [4.69, 9.17) is 18.0 Å². The number of likely N-dealkylation sites (N-methyl/N-ethyl adjacent to an activating group) is 1. The topological polar surface area (TPSA) is 58.4 Å². The maximum Gasteiger partial charge on any atom is 0.234 e. The van der Waals surface area contributed by atoms with Gasteiger partial charge < -0.3 is 11.1 Å². The highest BCUT2D eigenvalue weighted by Crippen LogP contribution is 1.97. The van der Waals surface area contributed by atoms with E-state index in [2.05, 4.69) is 19.2 Å². The molecule has 1 unspecified atom stereocenters. The molecule has 0 aromatic rings. The van der Waals surface area contributed by atoms with E-state index in [9.17, 15) is 4.79 Å². The van der Waals surface area contributed by atoms with Crippen LogP contribution in [0, 0.1) is 5.92 Å². The summed E-state index contributed by atoms with van der Waals surface area (Å²) in [5, 5.41) is 2.87. The molecular weight excluding hydrogens is 222 g/mol. The van der Waals surface area contributed by atoms with E-state index in [1.807, 2.05) is 18.9 Å². The SMILES string of the molecule is CC(C)CCNC(=O)CN(C)C(C)C(N)=S. The first-order valence-corrected chi connectivity index (χ1v) is 6.01. The van der Waals surface area contributed by atoms with Gasteiger partial charge in [-0.1, -0.05) is 26.1 Å². The number of hydrogen-bond acceptors (Lipinski definition) is 3. The quantitative estimate of drug-likeness (QED) is 0.650. The number of rotatable bonds is 7. The van der Waals surface area contributed by atoms with Gasteiger partial charge in [0, 0.05) is 6.54 Å². The Balaban J connectivity index is 3.82. The molecule has 16 heavy (non-hydrogen) atoms. The Morgan fingerprint density at radius 3 is 2.44 bits per heavy atom. The summed E-state index contributed by atoms with van der Waals surface area (Å²) in [6.45, 7) is 7.21. The fourth-order valence-electron chi connectivity index (χ4n) is 1.14. The molecule has 0 saturated heterocycles. The molecule has 0 radical (unpaired) electrons. The molecule has 3 N–H and O–H groups in total. The average Bonchev–Trinajstić information content (AvgIpc) is 2.15. The van der Waals surface area contributed by atoms with Crippen LogP contribution in [0.15, 0.2) is 0 Å². The normalized spacial score (nSPS) is 12.9. The van der Waals surface area contributed by atoms with Crippen molar-refractivity contribution in [3.8, 4) is 0 Å². The molecule has 0 saturated carbocycles. The standard InChI is InChI=1S/C11H23N3OS/c1-8(2)5-6-13-10(15)7-14(4)9(3)11(12)16/h8-9H,5-7H2,1-4H3,(H2,12,16)(H,13,15). The summed E-state index contributed by atoms with van der Waals surface area (Å²) in [7, 11) is 1.84. The minimum atomic E-state index is -0.0501. The van der Waals surface area contributed by atoms with Crippen LogP contribution < -0.4 is 11.1 Å². The third kappa shape index (κ3) is 6.74. The first kappa shape index (κ1) is 15.3. The van der Waals surface area contributed by atoms with Gasteiger partial charge in [-0.15, -0.1) is 0 Å². The molecule has 4 nitrogen and oxygen atoms in total. The highest BCUT2D eigenvalue weighted by Gasteiger charge is 2.14. The van der Waals surface area contributed by atoms with Gasteiger partial charge in [0.2, 0.25) is 5.91 Å². The molecule has 1 atom stereocenters. The largest absolute Gasteiger partial charge is 0.392 e. The van der Waals surface area contributed by atoms with Crippen molar-refractivity contribution in [1.29, 1.82) is 0 Å². The van der Waals surface area contributed by atoms with Gasteiger partial charge in [0.1, 0.15) is 0 Å². The van der Waals surface area contributed by atoms with Gasteiger partial charge >= 0.3 is 0 Å². The van der Waals surface area contributed by atoms with Gasteiger partial charge in [0.05, 0.1) is 17.6 Å². The lowest BCUT2D eigenvalue weighted by atomic mass is 10.1. The number of nitrogens with zero attached hydrogens (tertiary/aromatic N) is 1. The van der Waals surface area contributed by atoms with Crippen LogP contribution in [0.5, 0.6) is 0 Å². The third-order valence-corrected chi connectivity index (χ3v) is 2.85. The van der Waals surface area contributed by atoms with E-state index in [-0.39, 0.29) is 11.9 Å². The second-order valence-electron chi connectivity index (χ2n) is 4.53. The lowest BCUT2D eigenvalue weighted by Crippen LogP contribution is -2.44. The minimum absolute atomic E-state index is 0.0197. The summed E-state index contributed by atoms with van der Waals surface area (Å²) in [5.74, 6) is 0.625. The first-order valence-electron chi connectivity index (χ1n) is 5.60. The predicted octanol–water partition coefficient (Wildman–Crippen LogP) is 0.755. The van der Waals surface area contributed by atoms with Crippen molar-refractivity contribution < 1.29 is 4.79 Å². The number of amides is 1. The van der Waals surface area contributed by atoms with E-state index >= 15 is 0 Å². The molecule has 0 aliphatic rings. The zero-order valence-electron chi connectivity index (χ0n) is 10.6. The Labute approximate surface area is 104 Å². The van der Waals surface area contributed by atoms with Crippen molar-refractivity contribution in [1.82, 2.24) is 10.2 Å². The molecule has 0 fully saturated rings. The molecule has 0 rings (SSSR count). The van der Waals surface area contributed by atoms with Crippen molar-refractivity contribution in [2.24, 2.45) is 11.7 Å². The Hall–Kier alpha value is -0.680. The monoisotopic (exact) mass is 245 g/mol. The molecule has 0 bridgehead atoms. The Bertz CT molecular complexity index is 243. The molecule has 94 valence electrons. The molecule has 5 heteroatoms. The fourth-order valence-corrected chi connectivity index (χ4v) is 1.32. The summed E-state index contributed by atoms with van der Waals surface area (Å²) >= 11 is 4.87. The van der Waals surface area contributed by atoms with Gasteiger partial charge in [-0.2, -0.15) is 0 Å². The summed E-state index contributed by atoms with van der Waals surface area (Å²) in [5.41, 5.74) is 5.51. The van der Waals surface area contributed by atoms with Crippen LogP contribution in [-0.4, -0.2) is 42.0 Å². The van der Waals surface area contributed by atoms with Crippen molar-refractivity contribution >= 4 is 23.1 Å². The average molecular weight is 245 g/mol. The van der Waals surface area contributed by atoms with Gasteiger partial charge in [0.15, 0.2) is 0 Å². The number of thiocarbonyl (C=S) groups is 1. The molecule has 0 spiro atoms. The van der Waals surface area contributed by atoms with Gasteiger partial charge in [-0.05, 0) is 26.3 Å². The zero-order chi connectivity index (χ0) is 12.7. The molecule has 0 aromatic carbocycles. The van der Waals surface area contributed by atoms with E-state index in [1.165, 1.54) is 0 Å². The number of nitrogens with two attached hydrogens (primary N) is 1. The maximum atomic E-state index is 11.5. The van der Waals surface area contributed by atoms with Crippen LogP contribution in [0.25, 0.3) is 0 Å². The summed E-state index contributed by atoms with van der Waals surface area (Å²) in [6.07, 6.45) is 1.00. The maximum absolute atomic E-state index is 11.5. The molecule has 0 aliphatic carbocycles. The van der Waals surface area contributed by atoms with Crippen LogP contribution in [0.1, 0.15) is 27.2 Å². The fraction of sp³-hybridized carbons (Fsp3) is 0.818. The van der Waals surface area contributed by atoms with Crippen LogP contribution in [0.4, 0.5) is 0 Å². The molecular formula is C11H23N3OS. The lowest BCUT2D eigenvalue weighted by molar-refractivity contribution is -0.122. The highest BCUT2D eigenvalue weighted by atomic mass is 32.1. The van der Waals surface area contributed by atoms with Crippen molar-refractivity contribution in [2.45, 2.75) is 33.2 Å².